The quantitative estimate of drug-likeness (QED) is 0.481. The summed E-state index contributed by atoms with van der Waals surface area (Å²) < 4.78 is 13.0. The first-order valence-corrected chi connectivity index (χ1v) is 8.42. The van der Waals surface area contributed by atoms with Crippen LogP contribution in [0.25, 0.3) is 10.9 Å². The molecule has 0 radical (unpaired) electrons. The number of fused-ring (bicyclic) bond motifs is 1. The fourth-order valence-electron chi connectivity index (χ4n) is 2.84. The minimum atomic E-state index is -0.274. The fourth-order valence-corrected chi connectivity index (χ4v) is 2.84. The Morgan fingerprint density at radius 3 is 2.73 bits per heavy atom. The molecule has 6 heteroatoms. The molecule has 0 saturated heterocycles. The third-order valence-corrected chi connectivity index (χ3v) is 4.13. The van der Waals surface area contributed by atoms with Gasteiger partial charge in [0.1, 0.15) is 11.6 Å². The minimum Gasteiger partial charge on any atom is -0.370 e. The van der Waals surface area contributed by atoms with Crippen molar-refractivity contribution in [3.8, 4) is 0 Å². The van der Waals surface area contributed by atoms with Crippen LogP contribution in [-0.4, -0.2) is 21.5 Å². The van der Waals surface area contributed by atoms with E-state index in [1.807, 2.05) is 24.4 Å². The summed E-state index contributed by atoms with van der Waals surface area (Å²) >= 11 is 0. The van der Waals surface area contributed by atoms with E-state index in [2.05, 4.69) is 37.7 Å². The van der Waals surface area contributed by atoms with Crippen LogP contribution < -0.4 is 10.6 Å². The van der Waals surface area contributed by atoms with Crippen LogP contribution in [0.5, 0.6) is 0 Å². The van der Waals surface area contributed by atoms with Gasteiger partial charge in [0, 0.05) is 35.5 Å². The van der Waals surface area contributed by atoms with Gasteiger partial charge >= 0.3 is 0 Å². The average Bonchev–Trinajstić information content (AvgIpc) is 3.07. The molecule has 0 spiro atoms. The first-order valence-electron chi connectivity index (χ1n) is 8.42. The largest absolute Gasteiger partial charge is 0.370 e. The molecule has 26 heavy (non-hydrogen) atoms. The molecule has 0 bridgehead atoms. The number of halogens is 1. The Bertz CT molecular complexity index is 1010. The van der Waals surface area contributed by atoms with E-state index < -0.39 is 0 Å². The molecule has 0 aliphatic carbocycles. The van der Waals surface area contributed by atoms with Gasteiger partial charge in [-0.25, -0.2) is 9.37 Å². The lowest BCUT2D eigenvalue weighted by molar-refractivity contribution is 0.628. The molecule has 0 amide bonds. The summed E-state index contributed by atoms with van der Waals surface area (Å²) in [6.45, 7) is 0.759. The zero-order valence-corrected chi connectivity index (χ0v) is 14.0. The standard InChI is InChI=1S/C20H18FN5/c21-15-5-7-16(8-6-15)25-20-23-12-10-19(26-20)22-11-9-14-13-24-18-4-2-1-3-17(14)18/h1-8,10,12-13,24H,9,11H2,(H2,22,23,25,26). The van der Waals surface area contributed by atoms with E-state index in [1.54, 1.807) is 18.3 Å². The Kier molecular flexibility index (Phi) is 4.47. The van der Waals surface area contributed by atoms with Crippen LogP contribution in [0.3, 0.4) is 0 Å². The second kappa shape index (κ2) is 7.23. The first kappa shape index (κ1) is 16.1. The number of H-pyrrole nitrogens is 1. The van der Waals surface area contributed by atoms with Crippen LogP contribution >= 0.6 is 0 Å². The molecule has 2 aromatic carbocycles. The number of hydrogen-bond donors (Lipinski definition) is 3. The van der Waals surface area contributed by atoms with Gasteiger partial charge in [-0.05, 0) is 48.4 Å². The number of aromatic amines is 1. The van der Waals surface area contributed by atoms with Gasteiger partial charge in [-0.3, -0.25) is 0 Å². The molecule has 130 valence electrons. The van der Waals surface area contributed by atoms with E-state index in [-0.39, 0.29) is 5.82 Å². The number of aromatic nitrogens is 3. The number of nitrogens with one attached hydrogen (secondary N) is 3. The van der Waals surface area contributed by atoms with Gasteiger partial charge in [0.05, 0.1) is 0 Å². The predicted octanol–water partition coefficient (Wildman–Crippen LogP) is 4.50. The minimum absolute atomic E-state index is 0.274. The Labute approximate surface area is 150 Å². The van der Waals surface area contributed by atoms with Crippen LogP contribution in [0, 0.1) is 5.82 Å². The zero-order valence-electron chi connectivity index (χ0n) is 14.0. The molecule has 3 N–H and O–H groups in total. The summed E-state index contributed by atoms with van der Waals surface area (Å²) in [4.78, 5) is 11.9. The molecule has 0 aliphatic rings. The summed E-state index contributed by atoms with van der Waals surface area (Å²) in [6, 6.07) is 16.2. The SMILES string of the molecule is Fc1ccc(Nc2nccc(NCCc3c[nH]c4ccccc34)n2)cc1. The highest BCUT2D eigenvalue weighted by molar-refractivity contribution is 5.83. The molecule has 0 fully saturated rings. The van der Waals surface area contributed by atoms with E-state index in [1.165, 1.54) is 23.1 Å². The lowest BCUT2D eigenvalue weighted by atomic mass is 10.1. The Morgan fingerprint density at radius 1 is 1.00 bits per heavy atom. The fraction of sp³-hybridized carbons (Fsp3) is 0.100. The van der Waals surface area contributed by atoms with Crippen molar-refractivity contribution in [2.45, 2.75) is 6.42 Å². The predicted molar refractivity (Wildman–Crippen MR) is 102 cm³/mol. The molecule has 0 aliphatic heterocycles. The van der Waals surface area contributed by atoms with Crippen LogP contribution in [-0.2, 0) is 6.42 Å². The Balaban J connectivity index is 1.38. The van der Waals surface area contributed by atoms with Crippen molar-refractivity contribution in [2.24, 2.45) is 0 Å². The summed E-state index contributed by atoms with van der Waals surface area (Å²) in [5.74, 6) is 0.933. The van der Waals surface area contributed by atoms with Crippen molar-refractivity contribution in [1.82, 2.24) is 15.0 Å². The van der Waals surface area contributed by atoms with Gasteiger partial charge in [0.25, 0.3) is 0 Å². The second-order valence-electron chi connectivity index (χ2n) is 5.93. The van der Waals surface area contributed by atoms with Crippen molar-refractivity contribution in [2.75, 3.05) is 17.2 Å². The highest BCUT2D eigenvalue weighted by Crippen LogP contribution is 2.18. The lowest BCUT2D eigenvalue weighted by Gasteiger charge is -2.08. The van der Waals surface area contributed by atoms with E-state index in [0.29, 0.717) is 5.95 Å². The van der Waals surface area contributed by atoms with E-state index >= 15 is 0 Å². The molecule has 2 heterocycles. The highest BCUT2D eigenvalue weighted by Gasteiger charge is 2.04. The average molecular weight is 347 g/mol. The third-order valence-electron chi connectivity index (χ3n) is 4.13. The molecule has 4 rings (SSSR count). The lowest BCUT2D eigenvalue weighted by Crippen LogP contribution is -2.07. The van der Waals surface area contributed by atoms with Crippen molar-refractivity contribution in [1.29, 1.82) is 0 Å². The summed E-state index contributed by atoms with van der Waals surface area (Å²) in [5.41, 5.74) is 3.16. The van der Waals surface area contributed by atoms with Crippen molar-refractivity contribution in [3.63, 3.8) is 0 Å². The van der Waals surface area contributed by atoms with E-state index in [4.69, 9.17) is 0 Å². The molecular formula is C20H18FN5. The maximum Gasteiger partial charge on any atom is 0.229 e. The van der Waals surface area contributed by atoms with Crippen molar-refractivity contribution in [3.05, 3.63) is 78.4 Å². The van der Waals surface area contributed by atoms with Gasteiger partial charge in [0.15, 0.2) is 0 Å². The summed E-state index contributed by atoms with van der Waals surface area (Å²) in [7, 11) is 0. The molecule has 2 aromatic heterocycles. The van der Waals surface area contributed by atoms with Crippen LogP contribution in [0.2, 0.25) is 0 Å². The molecule has 5 nitrogen and oxygen atoms in total. The Hall–Kier alpha value is -3.41. The van der Waals surface area contributed by atoms with Crippen LogP contribution in [0.15, 0.2) is 67.0 Å². The maximum atomic E-state index is 13.0. The first-order chi connectivity index (χ1) is 12.8. The van der Waals surface area contributed by atoms with Gasteiger partial charge in [-0.15, -0.1) is 0 Å². The molecule has 0 atom stereocenters. The van der Waals surface area contributed by atoms with Crippen LogP contribution in [0.4, 0.5) is 21.8 Å². The van der Waals surface area contributed by atoms with Crippen molar-refractivity contribution < 1.29 is 4.39 Å². The third kappa shape index (κ3) is 3.64. The topological polar surface area (TPSA) is 65.6 Å². The monoisotopic (exact) mass is 347 g/mol. The van der Waals surface area contributed by atoms with Crippen LogP contribution in [0.1, 0.15) is 5.56 Å². The normalized spacial score (nSPS) is 10.8. The number of para-hydroxylation sites is 1. The molecular weight excluding hydrogens is 329 g/mol. The van der Waals surface area contributed by atoms with E-state index in [9.17, 15) is 4.39 Å². The number of anilines is 3. The van der Waals surface area contributed by atoms with Gasteiger partial charge < -0.3 is 15.6 Å². The number of nitrogens with zero attached hydrogens (tertiary/aromatic N) is 2. The van der Waals surface area contributed by atoms with Gasteiger partial charge in [0.2, 0.25) is 5.95 Å². The maximum absolute atomic E-state index is 13.0. The molecule has 0 unspecified atom stereocenters. The van der Waals surface area contributed by atoms with Gasteiger partial charge in [-0.2, -0.15) is 4.98 Å². The van der Waals surface area contributed by atoms with E-state index in [0.717, 1.165) is 30.0 Å². The molecule has 4 aromatic rings. The van der Waals surface area contributed by atoms with Gasteiger partial charge in [-0.1, -0.05) is 18.2 Å². The summed E-state index contributed by atoms with van der Waals surface area (Å²) in [5, 5.41) is 7.63. The highest BCUT2D eigenvalue weighted by atomic mass is 19.1. The molecule has 0 saturated carbocycles. The number of rotatable bonds is 6. The summed E-state index contributed by atoms with van der Waals surface area (Å²) in [6.07, 6.45) is 4.62. The second-order valence-corrected chi connectivity index (χ2v) is 5.93. The number of hydrogen-bond acceptors (Lipinski definition) is 4. The van der Waals surface area contributed by atoms with Crippen molar-refractivity contribution >= 4 is 28.4 Å². The number of benzene rings is 2. The Morgan fingerprint density at radius 2 is 1.85 bits per heavy atom. The smallest absolute Gasteiger partial charge is 0.229 e. The zero-order chi connectivity index (χ0) is 17.8.